The van der Waals surface area contributed by atoms with E-state index < -0.39 is 0 Å². The second-order valence-corrected chi connectivity index (χ2v) is 4.70. The van der Waals surface area contributed by atoms with Crippen molar-refractivity contribution in [1.82, 2.24) is 14.5 Å². The third-order valence-electron chi connectivity index (χ3n) is 3.40. The van der Waals surface area contributed by atoms with Gasteiger partial charge >= 0.3 is 0 Å². The Labute approximate surface area is 97.4 Å². The van der Waals surface area contributed by atoms with Crippen LogP contribution in [-0.4, -0.2) is 40.6 Å². The van der Waals surface area contributed by atoms with Gasteiger partial charge in [0.1, 0.15) is 0 Å². The van der Waals surface area contributed by atoms with Crippen molar-refractivity contribution in [1.29, 1.82) is 0 Å². The standard InChI is InChI=1S/C12H22N4/c13-9-12-3-7-15(10-12)5-1-2-6-16-8-4-14-11-16/h4,8,11-12H,1-3,5-7,9-10,13H2. The zero-order valence-electron chi connectivity index (χ0n) is 9.89. The highest BCUT2D eigenvalue weighted by Crippen LogP contribution is 2.15. The maximum atomic E-state index is 5.68. The number of aryl methyl sites for hydroxylation is 1. The van der Waals surface area contributed by atoms with E-state index in [0.29, 0.717) is 0 Å². The molecule has 0 spiro atoms. The van der Waals surface area contributed by atoms with Crippen LogP contribution in [0.5, 0.6) is 0 Å². The Bertz CT molecular complexity index is 283. The number of likely N-dealkylation sites (tertiary alicyclic amines) is 1. The van der Waals surface area contributed by atoms with Gasteiger partial charge in [0.25, 0.3) is 0 Å². The summed E-state index contributed by atoms with van der Waals surface area (Å²) in [4.78, 5) is 6.59. The molecule has 0 radical (unpaired) electrons. The zero-order chi connectivity index (χ0) is 11.2. The van der Waals surface area contributed by atoms with Crippen molar-refractivity contribution in [3.63, 3.8) is 0 Å². The van der Waals surface area contributed by atoms with E-state index in [0.717, 1.165) is 19.0 Å². The fourth-order valence-corrected chi connectivity index (χ4v) is 2.36. The lowest BCUT2D eigenvalue weighted by atomic mass is 10.1. The molecule has 90 valence electrons. The molecule has 1 aromatic heterocycles. The second kappa shape index (κ2) is 6.01. The molecule has 1 aromatic rings. The number of hydrogen-bond acceptors (Lipinski definition) is 3. The first-order chi connectivity index (χ1) is 7.88. The van der Waals surface area contributed by atoms with Crippen molar-refractivity contribution in [3.8, 4) is 0 Å². The molecule has 4 heteroatoms. The van der Waals surface area contributed by atoms with Crippen LogP contribution in [0.4, 0.5) is 0 Å². The summed E-state index contributed by atoms with van der Waals surface area (Å²) >= 11 is 0. The minimum absolute atomic E-state index is 0.744. The van der Waals surface area contributed by atoms with Crippen LogP contribution in [0.3, 0.4) is 0 Å². The molecule has 1 aliphatic heterocycles. The van der Waals surface area contributed by atoms with Crippen LogP contribution in [0, 0.1) is 5.92 Å². The summed E-state index contributed by atoms with van der Waals surface area (Å²) in [5.41, 5.74) is 5.68. The van der Waals surface area contributed by atoms with Crippen LogP contribution in [-0.2, 0) is 6.54 Å². The van der Waals surface area contributed by atoms with E-state index in [4.69, 9.17) is 5.73 Å². The summed E-state index contributed by atoms with van der Waals surface area (Å²) in [6.07, 6.45) is 9.56. The third-order valence-corrected chi connectivity index (χ3v) is 3.40. The highest BCUT2D eigenvalue weighted by molar-refractivity contribution is 4.76. The highest BCUT2D eigenvalue weighted by atomic mass is 15.1. The topological polar surface area (TPSA) is 47.1 Å². The van der Waals surface area contributed by atoms with E-state index in [-0.39, 0.29) is 0 Å². The lowest BCUT2D eigenvalue weighted by Crippen LogP contribution is -2.24. The number of rotatable bonds is 6. The molecule has 0 amide bonds. The summed E-state index contributed by atoms with van der Waals surface area (Å²) in [6.45, 7) is 5.62. The van der Waals surface area contributed by atoms with Gasteiger partial charge in [-0.05, 0) is 44.8 Å². The van der Waals surface area contributed by atoms with Crippen LogP contribution < -0.4 is 5.73 Å². The fourth-order valence-electron chi connectivity index (χ4n) is 2.36. The molecule has 1 fully saturated rings. The Balaban J connectivity index is 1.55. The van der Waals surface area contributed by atoms with Crippen LogP contribution in [0.25, 0.3) is 0 Å². The fraction of sp³-hybridized carbons (Fsp3) is 0.750. The predicted molar refractivity (Wildman–Crippen MR) is 65.1 cm³/mol. The molecule has 16 heavy (non-hydrogen) atoms. The van der Waals surface area contributed by atoms with Gasteiger partial charge < -0.3 is 15.2 Å². The largest absolute Gasteiger partial charge is 0.337 e. The molecule has 2 heterocycles. The first kappa shape index (κ1) is 11.6. The molecule has 0 bridgehead atoms. The van der Waals surface area contributed by atoms with Gasteiger partial charge in [0.15, 0.2) is 0 Å². The monoisotopic (exact) mass is 222 g/mol. The average Bonchev–Trinajstić information content (AvgIpc) is 2.95. The minimum Gasteiger partial charge on any atom is -0.337 e. The Kier molecular flexibility index (Phi) is 4.36. The van der Waals surface area contributed by atoms with Gasteiger partial charge in [0.2, 0.25) is 0 Å². The van der Waals surface area contributed by atoms with Gasteiger partial charge in [-0.25, -0.2) is 4.98 Å². The molecular formula is C12H22N4. The Morgan fingerprint density at radius 2 is 2.19 bits per heavy atom. The summed E-state index contributed by atoms with van der Waals surface area (Å²) < 4.78 is 2.15. The summed E-state index contributed by atoms with van der Waals surface area (Å²) in [7, 11) is 0. The maximum Gasteiger partial charge on any atom is 0.0945 e. The van der Waals surface area contributed by atoms with E-state index in [1.165, 1.54) is 38.9 Å². The van der Waals surface area contributed by atoms with Crippen LogP contribution in [0.2, 0.25) is 0 Å². The van der Waals surface area contributed by atoms with Crippen LogP contribution >= 0.6 is 0 Å². The number of nitrogens with two attached hydrogens (primary N) is 1. The maximum absolute atomic E-state index is 5.68. The zero-order valence-corrected chi connectivity index (χ0v) is 9.89. The lowest BCUT2D eigenvalue weighted by molar-refractivity contribution is 0.314. The van der Waals surface area contributed by atoms with Crippen molar-refractivity contribution in [3.05, 3.63) is 18.7 Å². The normalized spacial score (nSPS) is 21.7. The van der Waals surface area contributed by atoms with Crippen molar-refractivity contribution >= 4 is 0 Å². The summed E-state index contributed by atoms with van der Waals surface area (Å²) in [5, 5.41) is 0. The van der Waals surface area contributed by atoms with Gasteiger partial charge in [0, 0.05) is 25.5 Å². The van der Waals surface area contributed by atoms with Gasteiger partial charge in [-0.2, -0.15) is 0 Å². The molecule has 1 saturated heterocycles. The Hall–Kier alpha value is -0.870. The highest BCUT2D eigenvalue weighted by Gasteiger charge is 2.19. The first-order valence-corrected chi connectivity index (χ1v) is 6.26. The molecule has 1 atom stereocenters. The van der Waals surface area contributed by atoms with E-state index in [1.807, 2.05) is 18.7 Å². The predicted octanol–water partition coefficient (Wildman–Crippen LogP) is 0.944. The molecule has 0 aliphatic carbocycles. The van der Waals surface area contributed by atoms with Gasteiger partial charge in [-0.1, -0.05) is 0 Å². The summed E-state index contributed by atoms with van der Waals surface area (Å²) in [5.74, 6) is 0.744. The lowest BCUT2D eigenvalue weighted by Gasteiger charge is -2.15. The smallest absolute Gasteiger partial charge is 0.0945 e. The number of aromatic nitrogens is 2. The van der Waals surface area contributed by atoms with Crippen molar-refractivity contribution in [2.45, 2.75) is 25.8 Å². The average molecular weight is 222 g/mol. The molecule has 1 unspecified atom stereocenters. The second-order valence-electron chi connectivity index (χ2n) is 4.70. The first-order valence-electron chi connectivity index (χ1n) is 6.26. The van der Waals surface area contributed by atoms with Gasteiger partial charge in [0.05, 0.1) is 6.33 Å². The molecule has 1 aliphatic rings. The van der Waals surface area contributed by atoms with Gasteiger partial charge in [-0.3, -0.25) is 0 Å². The molecule has 2 N–H and O–H groups in total. The molecular weight excluding hydrogens is 200 g/mol. The SMILES string of the molecule is NCC1CCN(CCCCn2ccnc2)C1. The summed E-state index contributed by atoms with van der Waals surface area (Å²) in [6, 6.07) is 0. The molecule has 0 aromatic carbocycles. The van der Waals surface area contributed by atoms with E-state index in [9.17, 15) is 0 Å². The van der Waals surface area contributed by atoms with Crippen LogP contribution in [0.1, 0.15) is 19.3 Å². The quantitative estimate of drug-likeness (QED) is 0.729. The number of unbranched alkanes of at least 4 members (excludes halogenated alkanes) is 1. The number of nitrogens with zero attached hydrogens (tertiary/aromatic N) is 3. The molecule has 4 nitrogen and oxygen atoms in total. The third kappa shape index (κ3) is 3.32. The van der Waals surface area contributed by atoms with Crippen LogP contribution in [0.15, 0.2) is 18.7 Å². The Morgan fingerprint density at radius 1 is 1.31 bits per heavy atom. The van der Waals surface area contributed by atoms with E-state index >= 15 is 0 Å². The number of imidazole rings is 1. The Morgan fingerprint density at radius 3 is 2.88 bits per heavy atom. The molecule has 0 saturated carbocycles. The van der Waals surface area contributed by atoms with Crippen molar-refractivity contribution in [2.75, 3.05) is 26.2 Å². The van der Waals surface area contributed by atoms with E-state index in [1.54, 1.807) is 0 Å². The minimum atomic E-state index is 0.744. The van der Waals surface area contributed by atoms with Crippen molar-refractivity contribution in [2.24, 2.45) is 11.7 Å². The van der Waals surface area contributed by atoms with E-state index in [2.05, 4.69) is 14.5 Å². The molecule has 2 rings (SSSR count). The number of hydrogen-bond donors (Lipinski definition) is 1. The van der Waals surface area contributed by atoms with Gasteiger partial charge in [-0.15, -0.1) is 0 Å². The van der Waals surface area contributed by atoms with Crippen molar-refractivity contribution < 1.29 is 0 Å².